The van der Waals surface area contributed by atoms with Gasteiger partial charge in [-0.2, -0.15) is 5.10 Å². The molecule has 1 aliphatic heterocycles. The number of nitrogens with one attached hydrogen (secondary N) is 1. The summed E-state index contributed by atoms with van der Waals surface area (Å²) in [5.74, 6) is 0.853. The van der Waals surface area contributed by atoms with Gasteiger partial charge in [0.1, 0.15) is 12.4 Å². The van der Waals surface area contributed by atoms with Crippen molar-refractivity contribution in [3.05, 3.63) is 66.6 Å². The lowest BCUT2D eigenvalue weighted by molar-refractivity contribution is -0.122. The van der Waals surface area contributed by atoms with Crippen LogP contribution in [-0.4, -0.2) is 39.7 Å². The lowest BCUT2D eigenvalue weighted by atomic mass is 10.2. The Bertz CT molecular complexity index is 1020. The van der Waals surface area contributed by atoms with Crippen LogP contribution >= 0.6 is 0 Å². The van der Waals surface area contributed by atoms with E-state index >= 15 is 0 Å². The SMILES string of the molecule is O=C(CCC(=O)N1CCOc2ccccc21)Nc1ccn(CCc2ccncc2)n1. The molecule has 154 valence electrons. The summed E-state index contributed by atoms with van der Waals surface area (Å²) in [5, 5.41) is 7.13. The summed E-state index contributed by atoms with van der Waals surface area (Å²) >= 11 is 0. The summed E-state index contributed by atoms with van der Waals surface area (Å²) in [4.78, 5) is 30.6. The number of carbonyl (C=O) groups excluding carboxylic acids is 2. The van der Waals surface area contributed by atoms with Crippen LogP contribution in [0.1, 0.15) is 18.4 Å². The Hall–Kier alpha value is -3.68. The van der Waals surface area contributed by atoms with Crippen LogP contribution in [0, 0.1) is 0 Å². The fourth-order valence-corrected chi connectivity index (χ4v) is 3.34. The van der Waals surface area contributed by atoms with Crippen molar-refractivity contribution in [2.24, 2.45) is 0 Å². The molecule has 1 N–H and O–H groups in total. The van der Waals surface area contributed by atoms with E-state index in [1.54, 1.807) is 28.0 Å². The number of hydrogen-bond donors (Lipinski definition) is 1. The minimum absolute atomic E-state index is 0.0937. The fraction of sp³-hybridized carbons (Fsp3) is 0.273. The molecule has 2 amide bonds. The molecule has 1 aliphatic rings. The van der Waals surface area contributed by atoms with Crippen molar-refractivity contribution in [1.82, 2.24) is 14.8 Å². The van der Waals surface area contributed by atoms with E-state index in [0.717, 1.165) is 12.1 Å². The maximum absolute atomic E-state index is 12.6. The molecule has 0 saturated heterocycles. The highest BCUT2D eigenvalue weighted by Crippen LogP contribution is 2.31. The van der Waals surface area contributed by atoms with Gasteiger partial charge in [-0.25, -0.2) is 0 Å². The van der Waals surface area contributed by atoms with E-state index in [4.69, 9.17) is 4.74 Å². The zero-order valence-electron chi connectivity index (χ0n) is 16.5. The summed E-state index contributed by atoms with van der Waals surface area (Å²) in [6, 6.07) is 13.1. The van der Waals surface area contributed by atoms with Gasteiger partial charge in [-0.05, 0) is 36.2 Å². The molecule has 0 radical (unpaired) electrons. The van der Waals surface area contributed by atoms with Crippen molar-refractivity contribution in [3.8, 4) is 5.75 Å². The van der Waals surface area contributed by atoms with Crippen molar-refractivity contribution in [2.45, 2.75) is 25.8 Å². The Labute approximate surface area is 174 Å². The van der Waals surface area contributed by atoms with Gasteiger partial charge in [0.05, 0.1) is 12.2 Å². The number of nitrogens with zero attached hydrogens (tertiary/aromatic N) is 4. The number of ether oxygens (including phenoxy) is 1. The van der Waals surface area contributed by atoms with Gasteiger partial charge in [0.25, 0.3) is 0 Å². The second-order valence-electron chi connectivity index (χ2n) is 6.98. The summed E-state index contributed by atoms with van der Waals surface area (Å²) < 4.78 is 7.36. The lowest BCUT2D eigenvalue weighted by Gasteiger charge is -2.29. The van der Waals surface area contributed by atoms with Crippen LogP contribution < -0.4 is 15.0 Å². The van der Waals surface area contributed by atoms with Crippen LogP contribution in [0.25, 0.3) is 0 Å². The molecule has 0 aliphatic carbocycles. The highest BCUT2D eigenvalue weighted by atomic mass is 16.5. The third-order valence-corrected chi connectivity index (χ3v) is 4.88. The number of para-hydroxylation sites is 2. The Kier molecular flexibility index (Phi) is 6.03. The van der Waals surface area contributed by atoms with Gasteiger partial charge in [0.15, 0.2) is 5.82 Å². The number of benzene rings is 1. The Morgan fingerprint density at radius 1 is 1.07 bits per heavy atom. The van der Waals surface area contributed by atoms with E-state index in [1.807, 2.05) is 42.6 Å². The van der Waals surface area contributed by atoms with Crippen molar-refractivity contribution in [1.29, 1.82) is 0 Å². The number of pyridine rings is 1. The second-order valence-corrected chi connectivity index (χ2v) is 6.98. The molecule has 3 heterocycles. The Morgan fingerprint density at radius 2 is 1.90 bits per heavy atom. The first-order valence-corrected chi connectivity index (χ1v) is 9.93. The molecule has 8 heteroatoms. The number of rotatable bonds is 7. The van der Waals surface area contributed by atoms with E-state index in [2.05, 4.69) is 15.4 Å². The third-order valence-electron chi connectivity index (χ3n) is 4.88. The van der Waals surface area contributed by atoms with Gasteiger partial charge < -0.3 is 15.0 Å². The van der Waals surface area contributed by atoms with Gasteiger partial charge in [-0.15, -0.1) is 0 Å². The monoisotopic (exact) mass is 405 g/mol. The van der Waals surface area contributed by atoms with Crippen LogP contribution in [0.4, 0.5) is 11.5 Å². The molecule has 0 fully saturated rings. The number of carbonyl (C=O) groups is 2. The number of anilines is 2. The highest BCUT2D eigenvalue weighted by Gasteiger charge is 2.23. The molecule has 0 bridgehead atoms. The molecular weight excluding hydrogens is 382 g/mol. The van der Waals surface area contributed by atoms with Gasteiger partial charge in [-0.3, -0.25) is 19.3 Å². The summed E-state index contributed by atoms with van der Waals surface area (Å²) in [6.45, 7) is 1.64. The van der Waals surface area contributed by atoms with Crippen molar-refractivity contribution < 1.29 is 14.3 Å². The smallest absolute Gasteiger partial charge is 0.227 e. The zero-order chi connectivity index (χ0) is 20.8. The normalized spacial score (nSPS) is 12.7. The number of fused-ring (bicyclic) bond motifs is 1. The standard InChI is InChI=1S/C22H23N5O3/c28-21(5-6-22(29)27-15-16-30-19-4-2-1-3-18(19)27)24-20-10-14-26(25-20)13-9-17-7-11-23-12-8-17/h1-4,7-8,10-12,14H,5-6,9,13,15-16H2,(H,24,25,28). The number of aromatic nitrogens is 3. The van der Waals surface area contributed by atoms with Crippen molar-refractivity contribution >= 4 is 23.3 Å². The van der Waals surface area contributed by atoms with E-state index in [0.29, 0.717) is 31.3 Å². The number of amides is 2. The highest BCUT2D eigenvalue weighted by molar-refractivity contribution is 5.98. The Balaban J connectivity index is 1.25. The molecule has 8 nitrogen and oxygen atoms in total. The average Bonchev–Trinajstić information content (AvgIpc) is 3.23. The van der Waals surface area contributed by atoms with E-state index in [-0.39, 0.29) is 24.7 Å². The van der Waals surface area contributed by atoms with Crippen LogP contribution in [0.15, 0.2) is 61.1 Å². The summed E-state index contributed by atoms with van der Waals surface area (Å²) in [6.07, 6.45) is 6.41. The largest absolute Gasteiger partial charge is 0.490 e. The maximum atomic E-state index is 12.6. The molecule has 2 aromatic heterocycles. The molecule has 0 unspecified atom stereocenters. The average molecular weight is 405 g/mol. The minimum atomic E-state index is -0.232. The first-order chi connectivity index (χ1) is 14.7. The van der Waals surface area contributed by atoms with Crippen LogP contribution in [-0.2, 0) is 22.6 Å². The summed E-state index contributed by atoms with van der Waals surface area (Å²) in [7, 11) is 0. The molecule has 4 rings (SSSR count). The molecule has 0 atom stereocenters. The second kappa shape index (κ2) is 9.21. The van der Waals surface area contributed by atoms with Crippen molar-refractivity contribution in [3.63, 3.8) is 0 Å². The van der Waals surface area contributed by atoms with Gasteiger partial charge in [-0.1, -0.05) is 12.1 Å². The fourth-order valence-electron chi connectivity index (χ4n) is 3.34. The predicted molar refractivity (Wildman–Crippen MR) is 112 cm³/mol. The zero-order valence-corrected chi connectivity index (χ0v) is 16.5. The molecule has 1 aromatic carbocycles. The van der Waals surface area contributed by atoms with Gasteiger partial charge in [0.2, 0.25) is 11.8 Å². The first-order valence-electron chi connectivity index (χ1n) is 9.93. The molecule has 0 saturated carbocycles. The molecule has 0 spiro atoms. The van der Waals surface area contributed by atoms with E-state index in [1.165, 1.54) is 5.56 Å². The van der Waals surface area contributed by atoms with Crippen LogP contribution in [0.3, 0.4) is 0 Å². The summed E-state index contributed by atoms with van der Waals surface area (Å²) in [5.41, 5.74) is 1.93. The topological polar surface area (TPSA) is 89.4 Å². The van der Waals surface area contributed by atoms with Gasteiger partial charge >= 0.3 is 0 Å². The van der Waals surface area contributed by atoms with E-state index in [9.17, 15) is 9.59 Å². The number of aryl methyl sites for hydroxylation is 2. The van der Waals surface area contributed by atoms with Crippen LogP contribution in [0.5, 0.6) is 5.75 Å². The van der Waals surface area contributed by atoms with E-state index < -0.39 is 0 Å². The Morgan fingerprint density at radius 3 is 2.77 bits per heavy atom. The molecular formula is C22H23N5O3. The first kappa shape index (κ1) is 19.6. The lowest BCUT2D eigenvalue weighted by Crippen LogP contribution is -2.38. The minimum Gasteiger partial charge on any atom is -0.490 e. The molecule has 30 heavy (non-hydrogen) atoms. The van der Waals surface area contributed by atoms with Crippen molar-refractivity contribution in [2.75, 3.05) is 23.4 Å². The maximum Gasteiger partial charge on any atom is 0.227 e. The molecule has 3 aromatic rings. The third kappa shape index (κ3) is 4.83. The van der Waals surface area contributed by atoms with Gasteiger partial charge in [0, 0.05) is 44.0 Å². The van der Waals surface area contributed by atoms with Crippen LogP contribution in [0.2, 0.25) is 0 Å². The predicted octanol–water partition coefficient (Wildman–Crippen LogP) is 2.67. The quantitative estimate of drug-likeness (QED) is 0.653. The number of hydrogen-bond acceptors (Lipinski definition) is 5.